The second kappa shape index (κ2) is 7.35. The van der Waals surface area contributed by atoms with Gasteiger partial charge in [0, 0.05) is 29.3 Å². The highest BCUT2D eigenvalue weighted by atomic mass is 16.6. The number of benzene rings is 2. The van der Waals surface area contributed by atoms with Crippen molar-refractivity contribution >= 4 is 28.4 Å². The number of rotatable bonds is 4. The summed E-state index contributed by atoms with van der Waals surface area (Å²) < 4.78 is 1.09. The molecule has 0 radical (unpaired) electrons. The summed E-state index contributed by atoms with van der Waals surface area (Å²) in [6, 6.07) is 17.8. The van der Waals surface area contributed by atoms with Crippen molar-refractivity contribution < 1.29 is 10.0 Å². The van der Waals surface area contributed by atoms with E-state index in [1.54, 1.807) is 54.6 Å². The first kappa shape index (κ1) is 18.1. The number of nitrogens with zero attached hydrogens (tertiary/aromatic N) is 4. The Hall–Kier alpha value is -4.33. The van der Waals surface area contributed by atoms with Gasteiger partial charge in [-0.25, -0.2) is 14.5 Å². The maximum atomic E-state index is 12.9. The van der Waals surface area contributed by atoms with Crippen LogP contribution >= 0.6 is 0 Å². The van der Waals surface area contributed by atoms with Crippen molar-refractivity contribution in [1.29, 1.82) is 0 Å². The topological polar surface area (TPSA) is 111 Å². The third-order valence-electron chi connectivity index (χ3n) is 4.39. The Morgan fingerprint density at radius 1 is 1.00 bits per heavy atom. The zero-order valence-corrected chi connectivity index (χ0v) is 15.0. The average Bonchev–Trinajstić information content (AvgIpc) is 2.75. The summed E-state index contributed by atoms with van der Waals surface area (Å²) in [5.41, 5.74) is -0.203. The van der Waals surface area contributed by atoms with Crippen LogP contribution in [-0.4, -0.2) is 25.8 Å². The Morgan fingerprint density at radius 2 is 1.69 bits per heavy atom. The molecule has 2 aromatic heterocycles. The van der Waals surface area contributed by atoms with Crippen molar-refractivity contribution in [3.05, 3.63) is 99.0 Å². The molecule has 4 aromatic rings. The van der Waals surface area contributed by atoms with Gasteiger partial charge >= 0.3 is 0 Å². The minimum Gasteiger partial charge on any atom is -0.494 e. The van der Waals surface area contributed by atoms with E-state index in [1.165, 1.54) is 24.5 Å². The molecule has 0 saturated heterocycles. The van der Waals surface area contributed by atoms with E-state index in [4.69, 9.17) is 0 Å². The molecule has 1 N–H and O–H groups in total. The van der Waals surface area contributed by atoms with Crippen molar-refractivity contribution in [3.63, 3.8) is 0 Å². The summed E-state index contributed by atoms with van der Waals surface area (Å²) in [5.74, 6) is -0.101. The normalized spacial score (nSPS) is 11.2. The monoisotopic (exact) mass is 386 g/mol. The molecule has 2 heterocycles. The molecule has 2 aromatic carbocycles. The summed E-state index contributed by atoms with van der Waals surface area (Å²) >= 11 is 0. The van der Waals surface area contributed by atoms with Gasteiger partial charge in [-0.2, -0.15) is 0 Å². The minimum absolute atomic E-state index is 0.136. The second-order valence-electron chi connectivity index (χ2n) is 6.12. The highest BCUT2D eigenvalue weighted by Crippen LogP contribution is 2.29. The second-order valence-corrected chi connectivity index (χ2v) is 6.12. The number of pyridine rings is 2. The fourth-order valence-corrected chi connectivity index (χ4v) is 3.05. The average molecular weight is 386 g/mol. The molecule has 0 saturated carbocycles. The van der Waals surface area contributed by atoms with Crippen LogP contribution in [0.5, 0.6) is 5.88 Å². The summed E-state index contributed by atoms with van der Waals surface area (Å²) in [4.78, 5) is 32.0. The van der Waals surface area contributed by atoms with Crippen LogP contribution < -0.4 is 5.56 Å². The largest absolute Gasteiger partial charge is 0.494 e. The summed E-state index contributed by atoms with van der Waals surface area (Å²) in [6.45, 7) is 0. The van der Waals surface area contributed by atoms with E-state index in [1.807, 2.05) is 0 Å². The van der Waals surface area contributed by atoms with Crippen molar-refractivity contribution in [2.75, 3.05) is 0 Å². The van der Waals surface area contributed by atoms with E-state index in [2.05, 4.69) is 9.98 Å². The predicted molar refractivity (Wildman–Crippen MR) is 109 cm³/mol. The lowest BCUT2D eigenvalue weighted by molar-refractivity contribution is -0.384. The Kier molecular flexibility index (Phi) is 4.58. The maximum absolute atomic E-state index is 12.9. The van der Waals surface area contributed by atoms with E-state index >= 15 is 0 Å². The molecule has 0 aliphatic carbocycles. The lowest BCUT2D eigenvalue weighted by Crippen LogP contribution is -2.20. The molecule has 0 spiro atoms. The molecule has 4 rings (SSSR count). The van der Waals surface area contributed by atoms with Crippen LogP contribution in [0.2, 0.25) is 0 Å². The number of aliphatic imine (C=N–C) groups is 1. The van der Waals surface area contributed by atoms with Crippen LogP contribution in [0.3, 0.4) is 0 Å². The van der Waals surface area contributed by atoms with E-state index in [0.717, 1.165) is 4.57 Å². The number of nitro benzene ring substituents is 1. The first-order chi connectivity index (χ1) is 14.1. The molecule has 0 atom stereocenters. The SMILES string of the molecule is O=c1c2ccccc2c(C=Nc2ccccc2[N+](=O)[O-])c(O)n1-c1ccccn1. The standard InChI is InChI=1S/C21H14N4O4/c26-20-15-8-2-1-7-14(15)16(21(27)24(20)19-11-5-6-12-22-19)13-23-17-9-3-4-10-18(17)25(28)29/h1-13,27H. The molecule has 0 aliphatic heterocycles. The Balaban J connectivity index is 1.98. The van der Waals surface area contributed by atoms with Crippen LogP contribution in [0, 0.1) is 10.1 Å². The molecule has 29 heavy (non-hydrogen) atoms. The van der Waals surface area contributed by atoms with Crippen molar-refractivity contribution in [3.8, 4) is 11.7 Å². The summed E-state index contributed by atoms with van der Waals surface area (Å²) in [7, 11) is 0. The van der Waals surface area contributed by atoms with Gasteiger partial charge in [-0.15, -0.1) is 0 Å². The summed E-state index contributed by atoms with van der Waals surface area (Å²) in [5, 5.41) is 22.9. The molecule has 8 nitrogen and oxygen atoms in total. The minimum atomic E-state index is -0.528. The van der Waals surface area contributed by atoms with Crippen LogP contribution in [-0.2, 0) is 0 Å². The van der Waals surface area contributed by atoms with Gasteiger partial charge in [0.25, 0.3) is 11.2 Å². The smallest absolute Gasteiger partial charge is 0.294 e. The van der Waals surface area contributed by atoms with Crippen LogP contribution in [0.4, 0.5) is 11.4 Å². The van der Waals surface area contributed by atoms with Gasteiger partial charge in [-0.05, 0) is 24.3 Å². The number of nitro groups is 1. The fourth-order valence-electron chi connectivity index (χ4n) is 3.05. The van der Waals surface area contributed by atoms with Crippen LogP contribution in [0.15, 0.2) is 82.7 Å². The number of hydrogen-bond donors (Lipinski definition) is 1. The molecule has 0 unspecified atom stereocenters. The molecule has 0 bridgehead atoms. The molecule has 8 heteroatoms. The zero-order chi connectivity index (χ0) is 20.4. The van der Waals surface area contributed by atoms with Crippen molar-refractivity contribution in [1.82, 2.24) is 9.55 Å². The molecule has 0 amide bonds. The number of hydrogen-bond acceptors (Lipinski definition) is 6. The predicted octanol–water partition coefficient (Wildman–Crippen LogP) is 3.75. The van der Waals surface area contributed by atoms with Crippen LogP contribution in [0.25, 0.3) is 16.6 Å². The highest BCUT2D eigenvalue weighted by molar-refractivity contribution is 6.02. The van der Waals surface area contributed by atoms with Crippen molar-refractivity contribution in [2.45, 2.75) is 0 Å². The highest BCUT2D eigenvalue weighted by Gasteiger charge is 2.17. The van der Waals surface area contributed by atoms with E-state index in [0.29, 0.717) is 10.8 Å². The maximum Gasteiger partial charge on any atom is 0.294 e. The molecular formula is C21H14N4O4. The van der Waals surface area contributed by atoms with E-state index < -0.39 is 10.5 Å². The van der Waals surface area contributed by atoms with Gasteiger partial charge in [0.1, 0.15) is 11.5 Å². The lowest BCUT2D eigenvalue weighted by atomic mass is 10.1. The molecular weight excluding hydrogens is 372 g/mol. The molecule has 0 fully saturated rings. The third kappa shape index (κ3) is 3.23. The number of fused-ring (bicyclic) bond motifs is 1. The van der Waals surface area contributed by atoms with Gasteiger partial charge in [-0.1, -0.05) is 36.4 Å². The quantitative estimate of drug-likeness (QED) is 0.326. The fraction of sp³-hybridized carbons (Fsp3) is 0. The van der Waals surface area contributed by atoms with Gasteiger partial charge in [0.15, 0.2) is 0 Å². The zero-order valence-electron chi connectivity index (χ0n) is 15.0. The van der Waals surface area contributed by atoms with Gasteiger partial charge < -0.3 is 5.11 Å². The molecule has 0 aliphatic rings. The Morgan fingerprint density at radius 3 is 2.41 bits per heavy atom. The van der Waals surface area contributed by atoms with Crippen molar-refractivity contribution in [2.24, 2.45) is 4.99 Å². The number of aromatic nitrogens is 2. The first-order valence-corrected chi connectivity index (χ1v) is 8.63. The number of para-hydroxylation sites is 2. The van der Waals surface area contributed by atoms with Crippen LogP contribution in [0.1, 0.15) is 5.56 Å². The number of aromatic hydroxyl groups is 1. The third-order valence-corrected chi connectivity index (χ3v) is 4.39. The Labute approximate surface area is 164 Å². The van der Waals surface area contributed by atoms with E-state index in [-0.39, 0.29) is 28.6 Å². The Bertz CT molecular complexity index is 1310. The lowest BCUT2D eigenvalue weighted by Gasteiger charge is -2.12. The summed E-state index contributed by atoms with van der Waals surface area (Å²) in [6.07, 6.45) is 2.83. The molecule has 142 valence electrons. The van der Waals surface area contributed by atoms with Gasteiger partial charge in [0.2, 0.25) is 5.88 Å². The van der Waals surface area contributed by atoms with Gasteiger partial charge in [-0.3, -0.25) is 14.9 Å². The first-order valence-electron chi connectivity index (χ1n) is 8.63. The van der Waals surface area contributed by atoms with Gasteiger partial charge in [0.05, 0.1) is 10.5 Å². The van der Waals surface area contributed by atoms with E-state index in [9.17, 15) is 20.0 Å².